The van der Waals surface area contributed by atoms with Crippen LogP contribution in [-0.4, -0.2) is 53.6 Å². The number of anilines is 1. The van der Waals surface area contributed by atoms with Crippen LogP contribution in [0.2, 0.25) is 0 Å². The molecule has 0 saturated carbocycles. The fourth-order valence-electron chi connectivity index (χ4n) is 4.25. The highest BCUT2D eigenvalue weighted by molar-refractivity contribution is 6.02. The predicted molar refractivity (Wildman–Crippen MR) is 114 cm³/mol. The Bertz CT molecular complexity index is 823. The third-order valence-corrected chi connectivity index (χ3v) is 5.98. The number of likely N-dealkylation sites (tertiary alicyclic amines) is 1. The number of benzene rings is 1. The Hall–Kier alpha value is -2.60. The Morgan fingerprint density at radius 2 is 1.79 bits per heavy atom. The number of ether oxygens (including phenoxy) is 1. The van der Waals surface area contributed by atoms with E-state index in [2.05, 4.69) is 34.8 Å². The van der Waals surface area contributed by atoms with Crippen LogP contribution in [-0.2, 0) is 27.8 Å². The number of hydrogen-bond donors (Lipinski definition) is 0. The SMILES string of the molecule is CCC(=O)N(c1ccccc1)C1(C(=O)OC)CCN(CCc2cccn2C)CC1. The van der Waals surface area contributed by atoms with Gasteiger partial charge in [0, 0.05) is 57.1 Å². The van der Waals surface area contributed by atoms with E-state index in [9.17, 15) is 9.59 Å². The Labute approximate surface area is 173 Å². The highest BCUT2D eigenvalue weighted by Gasteiger charge is 2.49. The van der Waals surface area contributed by atoms with E-state index in [1.807, 2.05) is 37.3 Å². The summed E-state index contributed by atoms with van der Waals surface area (Å²) in [4.78, 5) is 30.0. The fraction of sp³-hybridized carbons (Fsp3) is 0.478. The molecule has 0 spiro atoms. The first-order valence-electron chi connectivity index (χ1n) is 10.3. The van der Waals surface area contributed by atoms with E-state index < -0.39 is 5.54 Å². The number of rotatable bonds is 7. The molecule has 3 rings (SSSR count). The summed E-state index contributed by atoms with van der Waals surface area (Å²) in [5.41, 5.74) is 1.09. The second kappa shape index (κ2) is 9.27. The van der Waals surface area contributed by atoms with Crippen LogP contribution in [0.4, 0.5) is 5.69 Å². The molecule has 2 aromatic rings. The average Bonchev–Trinajstić information content (AvgIpc) is 3.18. The Kier molecular flexibility index (Phi) is 6.75. The molecule has 0 atom stereocenters. The third-order valence-electron chi connectivity index (χ3n) is 5.98. The van der Waals surface area contributed by atoms with Crippen molar-refractivity contribution in [1.29, 1.82) is 0 Å². The predicted octanol–water partition coefficient (Wildman–Crippen LogP) is 3.02. The summed E-state index contributed by atoms with van der Waals surface area (Å²) in [6, 6.07) is 13.7. The summed E-state index contributed by atoms with van der Waals surface area (Å²) in [6.07, 6.45) is 4.48. The van der Waals surface area contributed by atoms with Crippen molar-refractivity contribution < 1.29 is 14.3 Å². The molecule has 0 aliphatic carbocycles. The average molecular weight is 398 g/mol. The van der Waals surface area contributed by atoms with Crippen molar-refractivity contribution in [2.24, 2.45) is 7.05 Å². The van der Waals surface area contributed by atoms with Gasteiger partial charge in [-0.25, -0.2) is 4.79 Å². The van der Waals surface area contributed by atoms with Crippen molar-refractivity contribution in [1.82, 2.24) is 9.47 Å². The maximum atomic E-state index is 13.0. The quantitative estimate of drug-likeness (QED) is 0.674. The molecule has 1 aromatic carbocycles. The third kappa shape index (κ3) is 4.37. The molecule has 1 fully saturated rings. The zero-order chi connectivity index (χ0) is 20.9. The number of aromatic nitrogens is 1. The first-order chi connectivity index (χ1) is 14.0. The Morgan fingerprint density at radius 1 is 1.10 bits per heavy atom. The van der Waals surface area contributed by atoms with Gasteiger partial charge in [0.25, 0.3) is 0 Å². The summed E-state index contributed by atoms with van der Waals surface area (Å²) in [5, 5.41) is 0. The standard InChI is InChI=1S/C23H31N3O3/c1-4-21(27)26(20-9-6-5-7-10-20)23(22(28)29-3)13-17-25(18-14-23)16-12-19-11-8-15-24(19)2/h5-11,15H,4,12-14,16-18H2,1-3H3. The van der Waals surface area contributed by atoms with E-state index in [0.717, 1.165) is 31.7 Å². The van der Waals surface area contributed by atoms with Gasteiger partial charge in [-0.1, -0.05) is 25.1 Å². The summed E-state index contributed by atoms with van der Waals surface area (Å²) in [6.45, 7) is 4.26. The number of carbonyl (C=O) groups excluding carboxylic acids is 2. The summed E-state index contributed by atoms with van der Waals surface area (Å²) < 4.78 is 7.34. The number of para-hydroxylation sites is 1. The van der Waals surface area contributed by atoms with Crippen LogP contribution in [0.1, 0.15) is 31.9 Å². The highest BCUT2D eigenvalue weighted by Crippen LogP contribution is 2.35. The van der Waals surface area contributed by atoms with Gasteiger partial charge in [0.05, 0.1) is 7.11 Å². The topological polar surface area (TPSA) is 54.8 Å². The molecule has 0 unspecified atom stereocenters. The van der Waals surface area contributed by atoms with Gasteiger partial charge in [0.1, 0.15) is 5.54 Å². The number of hydrogen-bond acceptors (Lipinski definition) is 4. The lowest BCUT2D eigenvalue weighted by molar-refractivity contribution is -0.151. The lowest BCUT2D eigenvalue weighted by Gasteiger charge is -2.46. The lowest BCUT2D eigenvalue weighted by atomic mass is 9.84. The van der Waals surface area contributed by atoms with Crippen LogP contribution in [0.25, 0.3) is 0 Å². The van der Waals surface area contributed by atoms with Gasteiger partial charge in [-0.05, 0) is 37.1 Å². The molecule has 0 N–H and O–H groups in total. The lowest BCUT2D eigenvalue weighted by Crippen LogP contribution is -2.62. The number of esters is 1. The smallest absolute Gasteiger partial charge is 0.332 e. The van der Waals surface area contributed by atoms with E-state index in [-0.39, 0.29) is 11.9 Å². The number of carbonyl (C=O) groups is 2. The monoisotopic (exact) mass is 397 g/mol. The van der Waals surface area contributed by atoms with Crippen molar-refractivity contribution in [3.05, 3.63) is 54.4 Å². The van der Waals surface area contributed by atoms with Crippen LogP contribution in [0.5, 0.6) is 0 Å². The van der Waals surface area contributed by atoms with Gasteiger partial charge in [0.2, 0.25) is 5.91 Å². The second-order valence-corrected chi connectivity index (χ2v) is 7.64. The van der Waals surface area contributed by atoms with Crippen molar-refractivity contribution in [3.8, 4) is 0 Å². The maximum absolute atomic E-state index is 13.0. The Balaban J connectivity index is 1.80. The molecule has 1 amide bonds. The fourth-order valence-corrected chi connectivity index (χ4v) is 4.25. The zero-order valence-corrected chi connectivity index (χ0v) is 17.6. The number of piperidine rings is 1. The van der Waals surface area contributed by atoms with E-state index >= 15 is 0 Å². The van der Waals surface area contributed by atoms with Gasteiger partial charge in [-0.15, -0.1) is 0 Å². The van der Waals surface area contributed by atoms with E-state index in [1.54, 1.807) is 4.90 Å². The van der Waals surface area contributed by atoms with Crippen LogP contribution in [0, 0.1) is 0 Å². The molecule has 0 bridgehead atoms. The minimum atomic E-state index is -0.954. The molecular weight excluding hydrogens is 366 g/mol. The van der Waals surface area contributed by atoms with Crippen molar-refractivity contribution in [2.45, 2.75) is 38.1 Å². The number of methoxy groups -OCH3 is 1. The molecule has 29 heavy (non-hydrogen) atoms. The number of amides is 1. The minimum absolute atomic E-state index is 0.0566. The number of nitrogens with zero attached hydrogens (tertiary/aromatic N) is 3. The normalized spacial score (nSPS) is 16.4. The molecular formula is C23H31N3O3. The number of aryl methyl sites for hydroxylation is 1. The van der Waals surface area contributed by atoms with Crippen LogP contribution >= 0.6 is 0 Å². The molecule has 1 aliphatic heterocycles. The molecule has 6 nitrogen and oxygen atoms in total. The van der Waals surface area contributed by atoms with Gasteiger partial charge < -0.3 is 14.2 Å². The van der Waals surface area contributed by atoms with Crippen LogP contribution in [0.3, 0.4) is 0 Å². The Morgan fingerprint density at radius 3 is 2.34 bits per heavy atom. The van der Waals surface area contributed by atoms with Crippen molar-refractivity contribution >= 4 is 17.6 Å². The van der Waals surface area contributed by atoms with E-state index in [1.165, 1.54) is 12.8 Å². The van der Waals surface area contributed by atoms with Gasteiger partial charge in [0.15, 0.2) is 0 Å². The largest absolute Gasteiger partial charge is 0.467 e. The molecule has 1 aliphatic rings. The molecule has 0 radical (unpaired) electrons. The van der Waals surface area contributed by atoms with Gasteiger partial charge in [-0.2, -0.15) is 0 Å². The van der Waals surface area contributed by atoms with E-state index in [0.29, 0.717) is 19.3 Å². The molecule has 2 heterocycles. The van der Waals surface area contributed by atoms with Crippen molar-refractivity contribution in [2.75, 3.05) is 31.6 Å². The second-order valence-electron chi connectivity index (χ2n) is 7.64. The van der Waals surface area contributed by atoms with Crippen LogP contribution < -0.4 is 4.90 Å². The molecule has 1 aromatic heterocycles. The maximum Gasteiger partial charge on any atom is 0.332 e. The zero-order valence-electron chi connectivity index (χ0n) is 17.6. The van der Waals surface area contributed by atoms with Gasteiger partial charge in [-0.3, -0.25) is 9.69 Å². The summed E-state index contributed by atoms with van der Waals surface area (Å²) in [7, 11) is 3.47. The van der Waals surface area contributed by atoms with Gasteiger partial charge >= 0.3 is 5.97 Å². The first kappa shape index (κ1) is 21.1. The molecule has 6 heteroatoms. The summed E-state index contributed by atoms with van der Waals surface area (Å²) >= 11 is 0. The van der Waals surface area contributed by atoms with Crippen LogP contribution in [0.15, 0.2) is 48.7 Å². The first-order valence-corrected chi connectivity index (χ1v) is 10.3. The van der Waals surface area contributed by atoms with E-state index in [4.69, 9.17) is 4.74 Å². The minimum Gasteiger partial charge on any atom is -0.467 e. The summed E-state index contributed by atoms with van der Waals surface area (Å²) in [5.74, 6) is -0.385. The molecule has 1 saturated heterocycles. The molecule has 156 valence electrons. The highest BCUT2D eigenvalue weighted by atomic mass is 16.5. The van der Waals surface area contributed by atoms with Crippen molar-refractivity contribution in [3.63, 3.8) is 0 Å².